The van der Waals surface area contributed by atoms with Crippen LogP contribution in [0.5, 0.6) is 0 Å². The minimum absolute atomic E-state index is 0.386. The molecule has 2 aliphatic rings. The number of hydrogen-bond donors (Lipinski definition) is 1. The molecule has 4 rings (SSSR count). The number of benzene rings is 1. The molecule has 20 heavy (non-hydrogen) atoms. The van der Waals surface area contributed by atoms with Crippen LogP contribution in [0.4, 0.5) is 0 Å². The highest BCUT2D eigenvalue weighted by Crippen LogP contribution is 2.63. The molecule has 1 heterocycles. The van der Waals surface area contributed by atoms with Crippen molar-refractivity contribution < 1.29 is 0 Å². The Balaban J connectivity index is 1.65. The number of rotatable bonds is 3. The van der Waals surface area contributed by atoms with E-state index in [0.29, 0.717) is 12.0 Å². The van der Waals surface area contributed by atoms with Gasteiger partial charge in [-0.1, -0.05) is 24.3 Å². The van der Waals surface area contributed by atoms with Crippen LogP contribution in [0.1, 0.15) is 35.2 Å². The standard InChI is InChI=1S/C17H21N3/c1-18-17(14-9-10-20(2)19-14)16-13-8-7-11-5-3-4-6-12(11)15(13)16/h3-6,9-10,13,15-18H,7-8H2,1-2H3. The fourth-order valence-corrected chi connectivity index (χ4v) is 4.21. The molecule has 0 radical (unpaired) electrons. The Bertz CT molecular complexity index is 631. The van der Waals surface area contributed by atoms with Crippen LogP contribution in [0.25, 0.3) is 0 Å². The Morgan fingerprint density at radius 3 is 2.90 bits per heavy atom. The van der Waals surface area contributed by atoms with Crippen LogP contribution in [-0.4, -0.2) is 16.8 Å². The summed E-state index contributed by atoms with van der Waals surface area (Å²) in [4.78, 5) is 0. The maximum absolute atomic E-state index is 4.61. The molecule has 4 atom stereocenters. The van der Waals surface area contributed by atoms with Gasteiger partial charge in [-0.05, 0) is 54.8 Å². The summed E-state index contributed by atoms with van der Waals surface area (Å²) in [5.41, 5.74) is 4.34. The molecule has 3 nitrogen and oxygen atoms in total. The molecule has 1 N–H and O–H groups in total. The second-order valence-electron chi connectivity index (χ2n) is 6.19. The first-order valence-electron chi connectivity index (χ1n) is 7.54. The molecular weight excluding hydrogens is 246 g/mol. The SMILES string of the molecule is CNC(c1ccn(C)n1)C1C2CCc3ccccc3C21. The molecule has 1 aromatic carbocycles. The number of aryl methyl sites for hydroxylation is 2. The van der Waals surface area contributed by atoms with E-state index in [9.17, 15) is 0 Å². The smallest absolute Gasteiger partial charge is 0.0796 e. The third kappa shape index (κ3) is 1.73. The summed E-state index contributed by atoms with van der Waals surface area (Å²) in [5, 5.41) is 8.12. The van der Waals surface area contributed by atoms with Gasteiger partial charge in [0.15, 0.2) is 0 Å². The highest BCUT2D eigenvalue weighted by Gasteiger charge is 2.56. The van der Waals surface area contributed by atoms with E-state index in [0.717, 1.165) is 11.8 Å². The van der Waals surface area contributed by atoms with E-state index >= 15 is 0 Å². The van der Waals surface area contributed by atoms with Crippen LogP contribution in [0.2, 0.25) is 0 Å². The van der Waals surface area contributed by atoms with Crippen molar-refractivity contribution >= 4 is 0 Å². The van der Waals surface area contributed by atoms with E-state index in [2.05, 4.69) is 47.8 Å². The van der Waals surface area contributed by atoms with E-state index in [1.807, 2.05) is 17.9 Å². The molecule has 0 bridgehead atoms. The number of aromatic nitrogens is 2. The predicted molar refractivity (Wildman–Crippen MR) is 79.5 cm³/mol. The summed E-state index contributed by atoms with van der Waals surface area (Å²) in [5.74, 6) is 2.28. The third-order valence-corrected chi connectivity index (χ3v) is 5.14. The van der Waals surface area contributed by atoms with Crippen molar-refractivity contribution in [3.63, 3.8) is 0 Å². The van der Waals surface area contributed by atoms with Crippen molar-refractivity contribution in [2.45, 2.75) is 24.8 Å². The molecule has 2 aliphatic carbocycles. The highest BCUT2D eigenvalue weighted by atomic mass is 15.3. The fraction of sp³-hybridized carbons (Fsp3) is 0.471. The maximum Gasteiger partial charge on any atom is 0.0796 e. The Morgan fingerprint density at radius 1 is 1.30 bits per heavy atom. The average molecular weight is 267 g/mol. The molecule has 2 aromatic rings. The molecular formula is C17H21N3. The Morgan fingerprint density at radius 2 is 2.15 bits per heavy atom. The van der Waals surface area contributed by atoms with Crippen LogP contribution in [0.3, 0.4) is 0 Å². The van der Waals surface area contributed by atoms with E-state index in [1.54, 1.807) is 11.1 Å². The molecule has 0 saturated heterocycles. The number of fused-ring (bicyclic) bond motifs is 3. The van der Waals surface area contributed by atoms with Gasteiger partial charge in [-0.2, -0.15) is 5.10 Å². The van der Waals surface area contributed by atoms with Gasteiger partial charge < -0.3 is 5.32 Å². The third-order valence-electron chi connectivity index (χ3n) is 5.14. The van der Waals surface area contributed by atoms with Crippen LogP contribution in [0, 0.1) is 11.8 Å². The Labute approximate surface area is 120 Å². The van der Waals surface area contributed by atoms with Crippen LogP contribution < -0.4 is 5.32 Å². The second kappa shape index (κ2) is 4.45. The van der Waals surface area contributed by atoms with Gasteiger partial charge in [0.2, 0.25) is 0 Å². The van der Waals surface area contributed by atoms with Gasteiger partial charge >= 0.3 is 0 Å². The van der Waals surface area contributed by atoms with Gasteiger partial charge in [-0.3, -0.25) is 4.68 Å². The molecule has 4 unspecified atom stereocenters. The number of nitrogens with zero attached hydrogens (tertiary/aromatic N) is 2. The summed E-state index contributed by atoms with van der Waals surface area (Å²) >= 11 is 0. The van der Waals surface area contributed by atoms with Gasteiger partial charge in [-0.15, -0.1) is 0 Å². The van der Waals surface area contributed by atoms with Crippen molar-refractivity contribution in [3.05, 3.63) is 53.3 Å². The van der Waals surface area contributed by atoms with Crippen molar-refractivity contribution in [2.24, 2.45) is 18.9 Å². The lowest BCUT2D eigenvalue weighted by atomic mass is 9.92. The van der Waals surface area contributed by atoms with Crippen molar-refractivity contribution in [1.82, 2.24) is 15.1 Å². The second-order valence-corrected chi connectivity index (χ2v) is 6.19. The molecule has 1 saturated carbocycles. The Kier molecular flexibility index (Phi) is 2.71. The zero-order chi connectivity index (χ0) is 13.7. The lowest BCUT2D eigenvalue weighted by molar-refractivity contribution is 0.469. The lowest BCUT2D eigenvalue weighted by Gasteiger charge is -2.14. The summed E-state index contributed by atoms with van der Waals surface area (Å²) in [6, 6.07) is 11.5. The first-order chi connectivity index (χ1) is 9.79. The zero-order valence-electron chi connectivity index (χ0n) is 12.1. The van der Waals surface area contributed by atoms with E-state index in [-0.39, 0.29) is 0 Å². The molecule has 0 aliphatic heterocycles. The van der Waals surface area contributed by atoms with E-state index in [1.165, 1.54) is 18.5 Å². The molecule has 1 aromatic heterocycles. The van der Waals surface area contributed by atoms with Crippen LogP contribution in [0.15, 0.2) is 36.5 Å². The fourth-order valence-electron chi connectivity index (χ4n) is 4.21. The summed E-state index contributed by atoms with van der Waals surface area (Å²) in [6.07, 6.45) is 4.61. The molecule has 0 amide bonds. The number of hydrogen-bond acceptors (Lipinski definition) is 2. The van der Waals surface area contributed by atoms with Gasteiger partial charge in [0.1, 0.15) is 0 Å². The molecule has 3 heteroatoms. The van der Waals surface area contributed by atoms with Crippen LogP contribution >= 0.6 is 0 Å². The van der Waals surface area contributed by atoms with Gasteiger partial charge in [0.25, 0.3) is 0 Å². The van der Waals surface area contributed by atoms with Crippen molar-refractivity contribution in [1.29, 1.82) is 0 Å². The monoisotopic (exact) mass is 267 g/mol. The normalized spacial score (nSPS) is 28.6. The lowest BCUT2D eigenvalue weighted by Crippen LogP contribution is -2.20. The average Bonchev–Trinajstić information content (AvgIpc) is 3.05. The maximum atomic E-state index is 4.61. The summed E-state index contributed by atoms with van der Waals surface area (Å²) in [6.45, 7) is 0. The summed E-state index contributed by atoms with van der Waals surface area (Å²) < 4.78 is 1.90. The number of nitrogens with one attached hydrogen (secondary N) is 1. The van der Waals surface area contributed by atoms with Crippen LogP contribution in [-0.2, 0) is 13.5 Å². The van der Waals surface area contributed by atoms with Crippen molar-refractivity contribution in [3.8, 4) is 0 Å². The topological polar surface area (TPSA) is 29.9 Å². The first kappa shape index (κ1) is 12.2. The molecule has 1 fully saturated rings. The minimum Gasteiger partial charge on any atom is -0.311 e. The quantitative estimate of drug-likeness (QED) is 0.926. The van der Waals surface area contributed by atoms with Gasteiger partial charge in [-0.25, -0.2) is 0 Å². The predicted octanol–water partition coefficient (Wildman–Crippen LogP) is 2.66. The van der Waals surface area contributed by atoms with E-state index < -0.39 is 0 Å². The van der Waals surface area contributed by atoms with Gasteiger partial charge in [0, 0.05) is 13.2 Å². The minimum atomic E-state index is 0.386. The largest absolute Gasteiger partial charge is 0.311 e. The Hall–Kier alpha value is -1.61. The van der Waals surface area contributed by atoms with E-state index in [4.69, 9.17) is 0 Å². The molecule has 104 valence electrons. The summed E-state index contributed by atoms with van der Waals surface area (Å²) in [7, 11) is 4.06. The van der Waals surface area contributed by atoms with Crippen molar-refractivity contribution in [2.75, 3.05) is 7.05 Å². The van der Waals surface area contributed by atoms with Gasteiger partial charge in [0.05, 0.1) is 11.7 Å². The molecule has 0 spiro atoms. The highest BCUT2D eigenvalue weighted by molar-refractivity contribution is 5.40. The first-order valence-corrected chi connectivity index (χ1v) is 7.54. The zero-order valence-corrected chi connectivity index (χ0v) is 12.1.